The van der Waals surface area contributed by atoms with Crippen molar-refractivity contribution in [3.8, 4) is 0 Å². The van der Waals surface area contributed by atoms with Crippen LogP contribution < -0.4 is 0 Å². The smallest absolute Gasteiger partial charge is 0.136 e. The van der Waals surface area contributed by atoms with E-state index in [2.05, 4.69) is 0 Å². The number of carbonyl (C=O) groups is 1. The Labute approximate surface area is 73.4 Å². The molecule has 1 aromatic carbocycles. The van der Waals surface area contributed by atoms with Gasteiger partial charge in [-0.15, -0.1) is 0 Å². The van der Waals surface area contributed by atoms with Crippen LogP contribution in [0.15, 0.2) is 24.3 Å². The highest BCUT2D eigenvalue weighted by molar-refractivity contribution is 5.83. The van der Waals surface area contributed by atoms with Crippen LogP contribution in [0.1, 0.15) is 30.9 Å². The molecule has 1 aromatic rings. The van der Waals surface area contributed by atoms with Crippen molar-refractivity contribution in [2.75, 3.05) is 0 Å². The van der Waals surface area contributed by atoms with Crippen LogP contribution in [-0.2, 0) is 4.79 Å². The normalized spacial score (nSPS) is 12.6. The van der Waals surface area contributed by atoms with Gasteiger partial charge in [0.05, 0.1) is 0 Å². The Bertz CT molecular complexity index is 289. The summed E-state index contributed by atoms with van der Waals surface area (Å²) in [7, 11) is 0. The van der Waals surface area contributed by atoms with E-state index in [1.165, 1.54) is 5.56 Å². The Morgan fingerprint density at radius 3 is 2.42 bits per heavy atom. The van der Waals surface area contributed by atoms with Crippen molar-refractivity contribution in [1.82, 2.24) is 0 Å². The molecule has 0 aliphatic carbocycles. The van der Waals surface area contributed by atoms with Gasteiger partial charge in [-0.2, -0.15) is 0 Å². The van der Waals surface area contributed by atoms with Crippen LogP contribution in [0, 0.1) is 6.92 Å². The van der Waals surface area contributed by atoms with Crippen LogP contribution in [0.2, 0.25) is 0 Å². The first-order valence-corrected chi connectivity index (χ1v) is 4.19. The summed E-state index contributed by atoms with van der Waals surface area (Å²) in [5.41, 5.74) is 2.34. The minimum Gasteiger partial charge on any atom is -0.299 e. The zero-order valence-corrected chi connectivity index (χ0v) is 7.79. The van der Waals surface area contributed by atoms with Gasteiger partial charge in [0.2, 0.25) is 0 Å². The summed E-state index contributed by atoms with van der Waals surface area (Å²) in [6.07, 6.45) is 0. The highest BCUT2D eigenvalue weighted by Crippen LogP contribution is 2.19. The van der Waals surface area contributed by atoms with E-state index in [9.17, 15) is 4.79 Å². The summed E-state index contributed by atoms with van der Waals surface area (Å²) < 4.78 is 0. The van der Waals surface area contributed by atoms with Gasteiger partial charge in [0.1, 0.15) is 5.78 Å². The Hall–Kier alpha value is -1.11. The highest BCUT2D eigenvalue weighted by Gasteiger charge is 2.11. The predicted octanol–water partition coefficient (Wildman–Crippen LogP) is 2.69. The Balaban J connectivity index is 3.02. The average molecular weight is 162 g/mol. The lowest BCUT2D eigenvalue weighted by Crippen LogP contribution is -2.05. The van der Waals surface area contributed by atoms with Crippen molar-refractivity contribution in [1.29, 1.82) is 0 Å². The van der Waals surface area contributed by atoms with Crippen molar-refractivity contribution in [3.63, 3.8) is 0 Å². The first-order valence-electron chi connectivity index (χ1n) is 4.19. The van der Waals surface area contributed by atoms with E-state index >= 15 is 0 Å². The minimum atomic E-state index is 0.0335. The first-order chi connectivity index (χ1) is 5.63. The van der Waals surface area contributed by atoms with Gasteiger partial charge in [0, 0.05) is 5.92 Å². The van der Waals surface area contributed by atoms with Crippen LogP contribution >= 0.6 is 0 Å². The maximum absolute atomic E-state index is 11.1. The third-order valence-corrected chi connectivity index (χ3v) is 2.26. The number of hydrogen-bond acceptors (Lipinski definition) is 1. The molecule has 0 aliphatic heterocycles. The molecule has 1 nitrogen and oxygen atoms in total. The molecule has 1 heteroatoms. The number of aryl methyl sites for hydroxylation is 1. The fourth-order valence-corrected chi connectivity index (χ4v) is 1.29. The molecule has 12 heavy (non-hydrogen) atoms. The van der Waals surface area contributed by atoms with Crippen LogP contribution in [0.4, 0.5) is 0 Å². The molecular weight excluding hydrogens is 148 g/mol. The molecule has 0 N–H and O–H groups in total. The van der Waals surface area contributed by atoms with Crippen LogP contribution in [0.25, 0.3) is 0 Å². The number of ketones is 1. The van der Waals surface area contributed by atoms with Crippen molar-refractivity contribution in [3.05, 3.63) is 35.4 Å². The van der Waals surface area contributed by atoms with Crippen LogP contribution in [0.3, 0.4) is 0 Å². The van der Waals surface area contributed by atoms with E-state index in [0.29, 0.717) is 0 Å². The standard InChI is InChI=1S/C11H14O/c1-8-6-4-5-7-11(8)9(2)10(3)12/h4-7,9H,1-3H3. The van der Waals surface area contributed by atoms with E-state index < -0.39 is 0 Å². The van der Waals surface area contributed by atoms with E-state index in [4.69, 9.17) is 0 Å². The number of hydrogen-bond donors (Lipinski definition) is 0. The Morgan fingerprint density at radius 1 is 1.33 bits per heavy atom. The molecule has 1 rings (SSSR count). The van der Waals surface area contributed by atoms with Gasteiger partial charge in [-0.25, -0.2) is 0 Å². The summed E-state index contributed by atoms with van der Waals surface area (Å²) in [5.74, 6) is 0.260. The molecule has 0 radical (unpaired) electrons. The lowest BCUT2D eigenvalue weighted by Gasteiger charge is -2.10. The maximum Gasteiger partial charge on any atom is 0.136 e. The first kappa shape index (κ1) is 8.98. The van der Waals surface area contributed by atoms with Crippen LogP contribution in [-0.4, -0.2) is 5.78 Å². The number of carbonyl (C=O) groups excluding carboxylic acids is 1. The lowest BCUT2D eigenvalue weighted by molar-refractivity contribution is -0.118. The monoisotopic (exact) mass is 162 g/mol. The van der Waals surface area contributed by atoms with Crippen molar-refractivity contribution in [2.45, 2.75) is 26.7 Å². The fraction of sp³-hybridized carbons (Fsp3) is 0.364. The molecule has 0 amide bonds. The molecule has 0 saturated carbocycles. The molecular formula is C11H14O. The summed E-state index contributed by atoms with van der Waals surface area (Å²) in [6.45, 7) is 5.62. The fourth-order valence-electron chi connectivity index (χ4n) is 1.29. The topological polar surface area (TPSA) is 17.1 Å². The van der Waals surface area contributed by atoms with Gasteiger partial charge >= 0.3 is 0 Å². The van der Waals surface area contributed by atoms with Crippen molar-refractivity contribution < 1.29 is 4.79 Å². The van der Waals surface area contributed by atoms with Crippen LogP contribution in [0.5, 0.6) is 0 Å². The summed E-state index contributed by atoms with van der Waals surface area (Å²) in [5, 5.41) is 0. The van der Waals surface area contributed by atoms with Gasteiger partial charge in [-0.1, -0.05) is 31.2 Å². The second kappa shape index (κ2) is 3.53. The quantitative estimate of drug-likeness (QED) is 0.653. The van der Waals surface area contributed by atoms with Crippen molar-refractivity contribution >= 4 is 5.78 Å². The van der Waals surface area contributed by atoms with Gasteiger partial charge in [0.25, 0.3) is 0 Å². The molecule has 1 atom stereocenters. The summed E-state index contributed by atoms with van der Waals surface area (Å²) >= 11 is 0. The molecule has 0 spiro atoms. The largest absolute Gasteiger partial charge is 0.299 e. The number of rotatable bonds is 2. The zero-order valence-electron chi connectivity index (χ0n) is 7.79. The highest BCUT2D eigenvalue weighted by atomic mass is 16.1. The SMILES string of the molecule is CC(=O)C(C)c1ccccc1C. The summed E-state index contributed by atoms with van der Waals surface area (Å²) in [6, 6.07) is 8.02. The Kier molecular flexibility index (Phi) is 2.64. The van der Waals surface area contributed by atoms with Crippen molar-refractivity contribution in [2.24, 2.45) is 0 Å². The van der Waals surface area contributed by atoms with Gasteiger partial charge in [-0.3, -0.25) is 4.79 Å². The van der Waals surface area contributed by atoms with Gasteiger partial charge in [-0.05, 0) is 25.0 Å². The molecule has 1 unspecified atom stereocenters. The molecule has 0 aromatic heterocycles. The number of Topliss-reactive ketones (excluding diaryl/α,β-unsaturated/α-hetero) is 1. The van der Waals surface area contributed by atoms with E-state index in [-0.39, 0.29) is 11.7 Å². The minimum absolute atomic E-state index is 0.0335. The molecule has 0 saturated heterocycles. The molecule has 0 aliphatic rings. The second-order valence-corrected chi connectivity index (χ2v) is 3.19. The maximum atomic E-state index is 11.1. The van der Waals surface area contributed by atoms with Gasteiger partial charge in [0.15, 0.2) is 0 Å². The van der Waals surface area contributed by atoms with E-state index in [0.717, 1.165) is 5.56 Å². The molecule has 0 heterocycles. The van der Waals surface area contributed by atoms with E-state index in [1.54, 1.807) is 6.92 Å². The number of benzene rings is 1. The molecule has 0 fully saturated rings. The summed E-state index contributed by atoms with van der Waals surface area (Å²) in [4.78, 5) is 11.1. The zero-order chi connectivity index (χ0) is 9.14. The third kappa shape index (κ3) is 1.73. The second-order valence-electron chi connectivity index (χ2n) is 3.19. The lowest BCUT2D eigenvalue weighted by atomic mass is 9.94. The van der Waals surface area contributed by atoms with Gasteiger partial charge < -0.3 is 0 Å². The molecule has 0 bridgehead atoms. The molecule has 64 valence electrons. The predicted molar refractivity (Wildman–Crippen MR) is 50.3 cm³/mol. The Morgan fingerprint density at radius 2 is 1.92 bits per heavy atom. The average Bonchev–Trinajstić information content (AvgIpc) is 2.04. The third-order valence-electron chi connectivity index (χ3n) is 2.26. The van der Waals surface area contributed by atoms with E-state index in [1.807, 2.05) is 38.1 Å².